The Morgan fingerprint density at radius 2 is 2.08 bits per heavy atom. The van der Waals surface area contributed by atoms with Gasteiger partial charge in [-0.1, -0.05) is 29.8 Å². The van der Waals surface area contributed by atoms with Crippen molar-refractivity contribution in [2.75, 3.05) is 25.9 Å². The van der Waals surface area contributed by atoms with E-state index in [1.54, 1.807) is 13.3 Å². The van der Waals surface area contributed by atoms with Gasteiger partial charge < -0.3 is 18.9 Å². The maximum atomic E-state index is 6.48. The Kier molecular flexibility index (Phi) is 6.71. The summed E-state index contributed by atoms with van der Waals surface area (Å²) < 4.78 is 23.7. The van der Waals surface area contributed by atoms with Gasteiger partial charge in [-0.2, -0.15) is 5.10 Å². The first-order chi connectivity index (χ1) is 19.7. The highest BCUT2D eigenvalue weighted by molar-refractivity contribution is 7.13. The lowest BCUT2D eigenvalue weighted by Gasteiger charge is -2.42. The summed E-state index contributed by atoms with van der Waals surface area (Å²) in [6, 6.07) is 14.3. The molecule has 3 aliphatic heterocycles. The average Bonchev–Trinajstić information content (AvgIpc) is 3.67. The van der Waals surface area contributed by atoms with Crippen LogP contribution in [0.25, 0.3) is 0 Å². The van der Waals surface area contributed by atoms with E-state index >= 15 is 0 Å². The Hall–Kier alpha value is -3.79. The van der Waals surface area contributed by atoms with Crippen LogP contribution in [0.2, 0.25) is 5.02 Å². The fourth-order valence-electron chi connectivity index (χ4n) is 5.76. The molecule has 0 fully saturated rings. The van der Waals surface area contributed by atoms with E-state index in [1.807, 2.05) is 41.9 Å². The van der Waals surface area contributed by atoms with Crippen molar-refractivity contribution in [1.82, 2.24) is 9.88 Å². The Morgan fingerprint density at radius 3 is 2.90 bits per heavy atom. The van der Waals surface area contributed by atoms with Gasteiger partial charge in [-0.15, -0.1) is 11.3 Å². The average molecular weight is 575 g/mol. The lowest BCUT2D eigenvalue weighted by atomic mass is 9.82. The molecule has 1 N–H and O–H groups in total. The molecule has 1 atom stereocenters. The number of hydrogen-bond acceptors (Lipinski definition) is 9. The van der Waals surface area contributed by atoms with Crippen LogP contribution in [-0.4, -0.2) is 36.5 Å². The molecule has 10 heteroatoms. The fourth-order valence-corrected chi connectivity index (χ4v) is 6.42. The monoisotopic (exact) mass is 574 g/mol. The first-order valence-corrected chi connectivity index (χ1v) is 14.4. The number of methoxy groups -OCH3 is 1. The van der Waals surface area contributed by atoms with Crippen molar-refractivity contribution in [3.8, 4) is 23.0 Å². The molecule has 3 aliphatic rings. The number of thiazole rings is 1. The van der Waals surface area contributed by atoms with E-state index < -0.39 is 0 Å². The molecule has 4 aromatic rings. The summed E-state index contributed by atoms with van der Waals surface area (Å²) >= 11 is 7.94. The first-order valence-electron chi connectivity index (χ1n) is 13.1. The molecular weight excluding hydrogens is 548 g/mol. The molecule has 1 aromatic heterocycles. The summed E-state index contributed by atoms with van der Waals surface area (Å²) in [5.74, 6) is 3.07. The molecule has 40 heavy (non-hydrogen) atoms. The summed E-state index contributed by atoms with van der Waals surface area (Å²) in [4.78, 5) is 6.78. The molecule has 1 unspecified atom stereocenters. The maximum Gasteiger partial charge on any atom is 0.231 e. The molecule has 3 aromatic carbocycles. The van der Waals surface area contributed by atoms with Crippen LogP contribution in [0.15, 0.2) is 59.1 Å². The van der Waals surface area contributed by atoms with Crippen LogP contribution < -0.4 is 24.4 Å². The number of anilines is 1. The number of nitrogens with zero attached hydrogens (tertiary/aromatic N) is 3. The molecule has 7 rings (SSSR count). The van der Waals surface area contributed by atoms with Gasteiger partial charge in [0, 0.05) is 52.4 Å². The summed E-state index contributed by atoms with van der Waals surface area (Å²) in [5.41, 5.74) is 9.85. The quantitative estimate of drug-likeness (QED) is 0.207. The third-order valence-electron chi connectivity index (χ3n) is 7.70. The molecule has 0 amide bonds. The van der Waals surface area contributed by atoms with Crippen LogP contribution in [0.4, 0.5) is 5.13 Å². The van der Waals surface area contributed by atoms with Gasteiger partial charge in [-0.05, 0) is 53.8 Å². The first kappa shape index (κ1) is 25.2. The summed E-state index contributed by atoms with van der Waals surface area (Å²) in [7, 11) is 1.67. The highest BCUT2D eigenvalue weighted by Crippen LogP contribution is 2.47. The fraction of sp³-hybridized carbons (Fsp3) is 0.267. The molecule has 0 aliphatic carbocycles. The summed E-state index contributed by atoms with van der Waals surface area (Å²) in [6.45, 7) is 2.28. The summed E-state index contributed by atoms with van der Waals surface area (Å²) in [6.07, 6.45) is 5.34. The van der Waals surface area contributed by atoms with Gasteiger partial charge in [0.15, 0.2) is 23.0 Å². The van der Waals surface area contributed by atoms with E-state index in [1.165, 1.54) is 28.0 Å². The van der Waals surface area contributed by atoms with Crippen molar-refractivity contribution in [2.45, 2.75) is 32.0 Å². The highest BCUT2D eigenvalue weighted by atomic mass is 35.5. The van der Waals surface area contributed by atoms with Crippen LogP contribution in [0.1, 0.15) is 39.4 Å². The lowest BCUT2D eigenvalue weighted by Crippen LogP contribution is -2.40. The number of rotatable bonds is 7. The summed E-state index contributed by atoms with van der Waals surface area (Å²) in [5, 5.41) is 7.83. The van der Waals surface area contributed by atoms with Gasteiger partial charge in [-0.25, -0.2) is 4.98 Å². The van der Waals surface area contributed by atoms with Crippen molar-refractivity contribution in [1.29, 1.82) is 0 Å². The van der Waals surface area contributed by atoms with Crippen molar-refractivity contribution < 1.29 is 18.9 Å². The maximum absolute atomic E-state index is 6.48. The minimum absolute atomic E-state index is 0.203. The van der Waals surface area contributed by atoms with Crippen LogP contribution in [0.3, 0.4) is 0 Å². The molecule has 204 valence electrons. The van der Waals surface area contributed by atoms with Gasteiger partial charge in [0.1, 0.15) is 6.61 Å². The molecule has 0 saturated carbocycles. The van der Waals surface area contributed by atoms with Crippen molar-refractivity contribution in [2.24, 2.45) is 5.10 Å². The number of fused-ring (bicyclic) bond motifs is 5. The number of benzene rings is 3. The smallest absolute Gasteiger partial charge is 0.231 e. The van der Waals surface area contributed by atoms with Gasteiger partial charge in [0.2, 0.25) is 11.9 Å². The van der Waals surface area contributed by atoms with Crippen molar-refractivity contribution in [3.63, 3.8) is 0 Å². The van der Waals surface area contributed by atoms with Crippen molar-refractivity contribution in [3.05, 3.63) is 92.4 Å². The Labute approximate surface area is 241 Å². The molecule has 4 heterocycles. The molecule has 0 spiro atoms. The number of hydrogen-bond donors (Lipinski definition) is 1. The lowest BCUT2D eigenvalue weighted by molar-refractivity contribution is 0.155. The van der Waals surface area contributed by atoms with Crippen LogP contribution in [0, 0.1) is 0 Å². The SMILES string of the molecule is COc1cc(/C=N/Nc2nccs2)c2c(c1OCc1ccccc1Cl)CN1CCc3cc4c(cc3C1C2)OCO4. The predicted molar refractivity (Wildman–Crippen MR) is 155 cm³/mol. The number of ether oxygens (including phenoxy) is 4. The van der Waals surface area contributed by atoms with E-state index in [2.05, 4.69) is 32.5 Å². The minimum atomic E-state index is 0.203. The zero-order valence-electron chi connectivity index (χ0n) is 21.9. The Balaban J connectivity index is 1.28. The normalized spacial score (nSPS) is 17.3. The Morgan fingerprint density at radius 1 is 1.20 bits per heavy atom. The molecule has 0 bridgehead atoms. The third kappa shape index (κ3) is 4.64. The second-order valence-corrected chi connectivity index (χ2v) is 11.2. The van der Waals surface area contributed by atoms with E-state index in [0.29, 0.717) is 17.4 Å². The largest absolute Gasteiger partial charge is 0.493 e. The van der Waals surface area contributed by atoms with Crippen molar-refractivity contribution >= 4 is 34.3 Å². The zero-order chi connectivity index (χ0) is 27.1. The predicted octanol–water partition coefficient (Wildman–Crippen LogP) is 6.21. The number of aromatic nitrogens is 1. The number of nitrogens with one attached hydrogen (secondary N) is 1. The third-order valence-corrected chi connectivity index (χ3v) is 8.75. The van der Waals surface area contributed by atoms with Gasteiger partial charge in [0.05, 0.1) is 13.3 Å². The Bertz CT molecular complexity index is 1590. The van der Waals surface area contributed by atoms with Gasteiger partial charge >= 0.3 is 0 Å². The minimum Gasteiger partial charge on any atom is -0.493 e. The van der Waals surface area contributed by atoms with Crippen LogP contribution in [-0.2, 0) is 26.0 Å². The van der Waals surface area contributed by atoms with E-state index in [9.17, 15) is 0 Å². The second kappa shape index (κ2) is 10.6. The van der Waals surface area contributed by atoms with Gasteiger partial charge in [0.25, 0.3) is 0 Å². The molecule has 8 nitrogen and oxygen atoms in total. The molecule has 0 radical (unpaired) electrons. The van der Waals surface area contributed by atoms with Crippen LogP contribution in [0.5, 0.6) is 23.0 Å². The topological polar surface area (TPSA) is 77.4 Å². The zero-order valence-corrected chi connectivity index (χ0v) is 23.4. The number of hydrazone groups is 1. The second-order valence-electron chi connectivity index (χ2n) is 9.89. The van der Waals surface area contributed by atoms with Crippen LogP contribution >= 0.6 is 22.9 Å². The standard InChI is InChI=1S/C30H27ClN4O4S/c1-36-28-11-20(14-33-34-30-32-7-9-40-30)21-12-25-22-13-27-26(38-17-39-27)10-18(22)6-8-35(25)15-23(21)29(28)37-16-19-4-2-3-5-24(19)31/h2-5,7,9-11,13-14,25H,6,8,12,15-17H2,1H3,(H,32,34)/b33-14+. The highest BCUT2D eigenvalue weighted by Gasteiger charge is 2.37. The van der Waals surface area contributed by atoms with Gasteiger partial charge in [-0.3, -0.25) is 10.3 Å². The molecular formula is C30H27ClN4O4S. The molecule has 0 saturated heterocycles. The van der Waals surface area contributed by atoms with E-state index in [0.717, 1.165) is 65.0 Å². The number of halogens is 1. The van der Waals surface area contributed by atoms with E-state index in [-0.39, 0.29) is 12.8 Å². The van der Waals surface area contributed by atoms with E-state index in [4.69, 9.17) is 30.5 Å².